The van der Waals surface area contributed by atoms with Gasteiger partial charge >= 0.3 is 0 Å². The summed E-state index contributed by atoms with van der Waals surface area (Å²) in [4.78, 5) is 3.10. The molecule has 8 atom stereocenters. The Morgan fingerprint density at radius 3 is 2.55 bits per heavy atom. The molecule has 31 heavy (non-hydrogen) atoms. The average molecular weight is 427 g/mol. The molecule has 3 saturated carbocycles. The first-order valence-electron chi connectivity index (χ1n) is 13.2. The fourth-order valence-electron chi connectivity index (χ4n) is 8.82. The number of hydrogen-bond donors (Lipinski definition) is 1. The van der Waals surface area contributed by atoms with Crippen LogP contribution in [0.15, 0.2) is 16.8 Å². The van der Waals surface area contributed by atoms with E-state index in [0.29, 0.717) is 11.3 Å². The van der Waals surface area contributed by atoms with Crippen LogP contribution < -0.4 is 5.73 Å². The van der Waals surface area contributed by atoms with Gasteiger partial charge in [0, 0.05) is 16.5 Å². The lowest BCUT2D eigenvalue weighted by molar-refractivity contribution is -0.0599. The molecule has 0 aromatic rings. The maximum absolute atomic E-state index is 8.90. The SMILES string of the molecule is CC(C)CCC[C@@H](C)[C@@]1(N)CC[C@H]2[C@@H]3CC=C4C[C@H](N=[N+]=[N-])CC[C@]4(C)[C@H]3CC[C@@]21C. The largest absolute Gasteiger partial charge is 0.324 e. The highest BCUT2D eigenvalue weighted by Gasteiger charge is 2.63. The van der Waals surface area contributed by atoms with Gasteiger partial charge in [-0.15, -0.1) is 0 Å². The van der Waals surface area contributed by atoms with Crippen LogP contribution in [0.4, 0.5) is 0 Å². The lowest BCUT2D eigenvalue weighted by atomic mass is 9.46. The number of nitrogens with zero attached hydrogens (tertiary/aromatic N) is 3. The first kappa shape index (κ1) is 23.2. The Bertz CT molecular complexity index is 752. The number of allylic oxidation sites excluding steroid dienone is 1. The highest BCUT2D eigenvalue weighted by atomic mass is 15.1. The van der Waals surface area contributed by atoms with Gasteiger partial charge in [-0.05, 0) is 104 Å². The fraction of sp³-hybridized carbons (Fsp3) is 0.926. The van der Waals surface area contributed by atoms with Gasteiger partial charge < -0.3 is 5.73 Å². The Morgan fingerprint density at radius 1 is 1.10 bits per heavy atom. The van der Waals surface area contributed by atoms with Crippen LogP contribution in [0.25, 0.3) is 10.4 Å². The molecule has 0 heterocycles. The third-order valence-corrected chi connectivity index (χ3v) is 10.9. The molecule has 0 spiro atoms. The smallest absolute Gasteiger partial charge is 0.0411 e. The first-order valence-corrected chi connectivity index (χ1v) is 13.2. The molecule has 4 nitrogen and oxygen atoms in total. The van der Waals surface area contributed by atoms with E-state index in [0.717, 1.165) is 36.5 Å². The Labute approximate surface area is 190 Å². The summed E-state index contributed by atoms with van der Waals surface area (Å²) in [6.45, 7) is 12.2. The highest BCUT2D eigenvalue weighted by molar-refractivity contribution is 5.27. The molecule has 0 bridgehead atoms. The van der Waals surface area contributed by atoms with Gasteiger partial charge in [-0.3, -0.25) is 0 Å². The molecule has 174 valence electrons. The summed E-state index contributed by atoms with van der Waals surface area (Å²) in [6, 6.07) is 0.171. The van der Waals surface area contributed by atoms with E-state index < -0.39 is 0 Å². The van der Waals surface area contributed by atoms with Crippen molar-refractivity contribution >= 4 is 0 Å². The molecule has 0 amide bonds. The second kappa shape index (κ2) is 8.41. The van der Waals surface area contributed by atoms with Crippen molar-refractivity contribution in [2.75, 3.05) is 0 Å². The Balaban J connectivity index is 1.53. The van der Waals surface area contributed by atoms with E-state index in [-0.39, 0.29) is 17.0 Å². The van der Waals surface area contributed by atoms with Crippen molar-refractivity contribution in [2.24, 2.45) is 51.3 Å². The minimum Gasteiger partial charge on any atom is -0.324 e. The van der Waals surface area contributed by atoms with Crippen molar-refractivity contribution in [1.29, 1.82) is 0 Å². The summed E-state index contributed by atoms with van der Waals surface area (Å²) >= 11 is 0. The van der Waals surface area contributed by atoms with Gasteiger partial charge in [-0.25, -0.2) is 0 Å². The molecule has 4 rings (SSSR count). The molecule has 0 unspecified atom stereocenters. The molecular weight excluding hydrogens is 380 g/mol. The molecule has 0 aliphatic heterocycles. The predicted octanol–water partition coefficient (Wildman–Crippen LogP) is 7.79. The fourth-order valence-corrected chi connectivity index (χ4v) is 8.82. The maximum Gasteiger partial charge on any atom is 0.0411 e. The summed E-state index contributed by atoms with van der Waals surface area (Å²) in [5.74, 6) is 3.75. The maximum atomic E-state index is 8.90. The zero-order valence-electron chi connectivity index (χ0n) is 20.7. The van der Waals surface area contributed by atoms with Crippen molar-refractivity contribution in [2.45, 2.75) is 117 Å². The Morgan fingerprint density at radius 2 is 1.84 bits per heavy atom. The van der Waals surface area contributed by atoms with Gasteiger partial charge in [0.1, 0.15) is 0 Å². The van der Waals surface area contributed by atoms with Crippen molar-refractivity contribution in [1.82, 2.24) is 0 Å². The second-order valence-corrected chi connectivity index (χ2v) is 12.6. The number of fused-ring (bicyclic) bond motifs is 5. The zero-order valence-corrected chi connectivity index (χ0v) is 20.7. The van der Waals surface area contributed by atoms with Crippen LogP contribution in [0.2, 0.25) is 0 Å². The molecule has 0 saturated heterocycles. The minimum atomic E-state index is 0.00365. The lowest BCUT2D eigenvalue weighted by Crippen LogP contribution is -2.60. The average Bonchev–Trinajstić information content (AvgIpc) is 3.00. The Kier molecular flexibility index (Phi) is 6.29. The third-order valence-electron chi connectivity index (χ3n) is 10.9. The molecule has 4 aliphatic carbocycles. The first-order chi connectivity index (χ1) is 14.7. The zero-order chi connectivity index (χ0) is 22.4. The normalized spacial score (nSPS) is 45.2. The van der Waals surface area contributed by atoms with E-state index >= 15 is 0 Å². The van der Waals surface area contributed by atoms with Crippen molar-refractivity contribution in [3.63, 3.8) is 0 Å². The van der Waals surface area contributed by atoms with Crippen molar-refractivity contribution in [3.8, 4) is 0 Å². The summed E-state index contributed by atoms with van der Waals surface area (Å²) in [7, 11) is 0. The lowest BCUT2D eigenvalue weighted by Gasteiger charge is -2.60. The molecule has 4 aliphatic rings. The number of hydrogen-bond acceptors (Lipinski definition) is 2. The van der Waals surface area contributed by atoms with Crippen LogP contribution in [-0.4, -0.2) is 11.6 Å². The number of rotatable bonds is 6. The van der Waals surface area contributed by atoms with Crippen LogP contribution in [0.5, 0.6) is 0 Å². The summed E-state index contributed by atoms with van der Waals surface area (Å²) in [5, 5.41) is 4.07. The standard InChI is InChI=1S/C27H46N4/c1-18(2)7-6-8-19(3)27(28)16-13-24-22-10-9-20-17-21(30-31-29)11-14-25(20,4)23(22)12-15-26(24,27)5/h9,18-19,21-24H,6-8,10-17,28H2,1-5H3/t19-,21-,22-,23+,24+,25+,26+,27+/m1/s1. The predicted molar refractivity (Wildman–Crippen MR) is 129 cm³/mol. The van der Waals surface area contributed by atoms with Crippen LogP contribution >= 0.6 is 0 Å². The van der Waals surface area contributed by atoms with E-state index in [2.05, 4.69) is 50.7 Å². The van der Waals surface area contributed by atoms with E-state index in [1.807, 2.05) is 0 Å². The van der Waals surface area contributed by atoms with Gasteiger partial charge in [-0.2, -0.15) is 0 Å². The molecule has 2 N–H and O–H groups in total. The van der Waals surface area contributed by atoms with Gasteiger partial charge in [0.15, 0.2) is 0 Å². The highest BCUT2D eigenvalue weighted by Crippen LogP contribution is 2.68. The van der Waals surface area contributed by atoms with Crippen molar-refractivity contribution in [3.05, 3.63) is 22.1 Å². The van der Waals surface area contributed by atoms with Crippen LogP contribution in [0.3, 0.4) is 0 Å². The van der Waals surface area contributed by atoms with E-state index in [1.165, 1.54) is 57.8 Å². The third kappa shape index (κ3) is 3.66. The van der Waals surface area contributed by atoms with Crippen LogP contribution in [0, 0.1) is 40.4 Å². The summed E-state index contributed by atoms with van der Waals surface area (Å²) < 4.78 is 0. The molecule has 0 aromatic heterocycles. The second-order valence-electron chi connectivity index (χ2n) is 12.6. The minimum absolute atomic E-state index is 0.00365. The monoisotopic (exact) mass is 426 g/mol. The van der Waals surface area contributed by atoms with E-state index in [1.54, 1.807) is 5.57 Å². The van der Waals surface area contributed by atoms with Crippen LogP contribution in [-0.2, 0) is 0 Å². The number of nitrogens with two attached hydrogens (primary N) is 1. The summed E-state index contributed by atoms with van der Waals surface area (Å²) in [5.41, 5.74) is 18.5. The van der Waals surface area contributed by atoms with Gasteiger partial charge in [0.25, 0.3) is 0 Å². The number of azide groups is 1. The van der Waals surface area contributed by atoms with Gasteiger partial charge in [0.05, 0.1) is 0 Å². The van der Waals surface area contributed by atoms with E-state index in [9.17, 15) is 0 Å². The van der Waals surface area contributed by atoms with Gasteiger partial charge in [-0.1, -0.05) is 64.2 Å². The van der Waals surface area contributed by atoms with E-state index in [4.69, 9.17) is 11.3 Å². The van der Waals surface area contributed by atoms with Crippen LogP contribution in [0.1, 0.15) is 105 Å². The topological polar surface area (TPSA) is 74.8 Å². The molecule has 3 fully saturated rings. The molecule has 0 aromatic carbocycles. The quantitative estimate of drug-likeness (QED) is 0.200. The molecular formula is C27H46N4. The molecule has 0 radical (unpaired) electrons. The van der Waals surface area contributed by atoms with Crippen molar-refractivity contribution < 1.29 is 0 Å². The summed E-state index contributed by atoms with van der Waals surface area (Å²) in [6.07, 6.45) is 16.1. The Hall–Kier alpha value is -0.990. The molecule has 4 heteroatoms. The van der Waals surface area contributed by atoms with Gasteiger partial charge in [0.2, 0.25) is 0 Å².